The number of anilines is 1. The van der Waals surface area contributed by atoms with Crippen LogP contribution in [0.1, 0.15) is 44.2 Å². The van der Waals surface area contributed by atoms with Gasteiger partial charge in [0.2, 0.25) is 5.91 Å². The van der Waals surface area contributed by atoms with Crippen LogP contribution in [0, 0.1) is 0 Å². The van der Waals surface area contributed by atoms with Crippen LogP contribution in [0.15, 0.2) is 48.5 Å². The van der Waals surface area contributed by atoms with Crippen molar-refractivity contribution in [3.05, 3.63) is 59.7 Å². The Morgan fingerprint density at radius 1 is 1.16 bits per heavy atom. The minimum absolute atomic E-state index is 0.261. The fourth-order valence-electron chi connectivity index (χ4n) is 3.72. The van der Waals surface area contributed by atoms with E-state index in [1.807, 2.05) is 42.5 Å². The number of amides is 4. The minimum atomic E-state index is -1.15. The van der Waals surface area contributed by atoms with E-state index in [2.05, 4.69) is 24.5 Å². The zero-order valence-corrected chi connectivity index (χ0v) is 18.4. The van der Waals surface area contributed by atoms with Gasteiger partial charge in [0.1, 0.15) is 17.8 Å². The third-order valence-electron chi connectivity index (χ3n) is 5.76. The number of carbonyl (C=O) groups is 3. The number of para-hydroxylation sites is 1. The van der Waals surface area contributed by atoms with Gasteiger partial charge in [0.05, 0.1) is 7.11 Å². The van der Waals surface area contributed by atoms with Gasteiger partial charge in [-0.1, -0.05) is 44.2 Å². The average molecular weight is 424 g/mol. The molecule has 0 saturated carbocycles. The number of rotatable bonds is 8. The van der Waals surface area contributed by atoms with Crippen molar-refractivity contribution in [2.75, 3.05) is 19.0 Å². The Kier molecular flexibility index (Phi) is 6.63. The lowest BCUT2D eigenvalue weighted by Crippen LogP contribution is -2.46. The van der Waals surface area contributed by atoms with Gasteiger partial charge in [0.25, 0.3) is 5.91 Å². The Labute approximate surface area is 182 Å². The van der Waals surface area contributed by atoms with Crippen LogP contribution >= 0.6 is 0 Å². The van der Waals surface area contributed by atoms with E-state index < -0.39 is 23.4 Å². The van der Waals surface area contributed by atoms with Gasteiger partial charge in [0, 0.05) is 12.1 Å². The van der Waals surface area contributed by atoms with E-state index in [1.165, 1.54) is 5.56 Å². The summed E-state index contributed by atoms with van der Waals surface area (Å²) in [6, 6.07) is 14.4. The number of imide groups is 1. The summed E-state index contributed by atoms with van der Waals surface area (Å²) in [6.45, 7) is 5.58. The van der Waals surface area contributed by atoms with E-state index in [0.717, 1.165) is 16.9 Å². The second-order valence-electron chi connectivity index (χ2n) is 8.12. The van der Waals surface area contributed by atoms with Gasteiger partial charge < -0.3 is 15.4 Å². The number of ether oxygens (including phenoxy) is 1. The third kappa shape index (κ3) is 4.87. The maximum absolute atomic E-state index is 13.0. The molecule has 2 N–H and O–H groups in total. The second-order valence-corrected chi connectivity index (χ2v) is 8.12. The normalized spacial score (nSPS) is 19.2. The predicted molar refractivity (Wildman–Crippen MR) is 119 cm³/mol. The van der Waals surface area contributed by atoms with Crippen molar-refractivity contribution in [2.24, 2.45) is 0 Å². The zero-order chi connectivity index (χ0) is 22.6. The van der Waals surface area contributed by atoms with Gasteiger partial charge >= 0.3 is 6.03 Å². The second kappa shape index (κ2) is 9.20. The molecule has 4 amide bonds. The summed E-state index contributed by atoms with van der Waals surface area (Å²) in [4.78, 5) is 38.9. The first-order valence-corrected chi connectivity index (χ1v) is 10.4. The number of nitrogens with zero attached hydrogens (tertiary/aromatic N) is 1. The molecule has 2 aromatic rings. The molecule has 31 heavy (non-hydrogen) atoms. The molecule has 1 fully saturated rings. The summed E-state index contributed by atoms with van der Waals surface area (Å²) in [5.74, 6) is 0.214. The average Bonchev–Trinajstić information content (AvgIpc) is 2.96. The summed E-state index contributed by atoms with van der Waals surface area (Å²) in [5.41, 5.74) is 1.47. The number of hydrogen-bond acceptors (Lipinski definition) is 4. The zero-order valence-electron chi connectivity index (χ0n) is 18.4. The molecule has 0 radical (unpaired) electrons. The molecule has 3 rings (SSSR count). The Balaban J connectivity index is 1.66. The van der Waals surface area contributed by atoms with Gasteiger partial charge in [-0.25, -0.2) is 4.79 Å². The number of benzene rings is 2. The van der Waals surface area contributed by atoms with E-state index in [1.54, 1.807) is 20.1 Å². The molecular formula is C24H29N3O4. The van der Waals surface area contributed by atoms with E-state index in [0.29, 0.717) is 17.4 Å². The van der Waals surface area contributed by atoms with Crippen molar-refractivity contribution in [3.8, 4) is 5.75 Å². The molecule has 0 unspecified atom stereocenters. The van der Waals surface area contributed by atoms with E-state index >= 15 is 0 Å². The van der Waals surface area contributed by atoms with Crippen LogP contribution in [-0.4, -0.2) is 41.9 Å². The quantitative estimate of drug-likeness (QED) is 0.634. The molecule has 1 aliphatic heterocycles. The summed E-state index contributed by atoms with van der Waals surface area (Å²) < 4.78 is 5.35. The number of hydrogen-bond donors (Lipinski definition) is 2. The fourth-order valence-corrected chi connectivity index (χ4v) is 3.72. The Bertz CT molecular complexity index is 973. The molecule has 0 aliphatic carbocycles. The molecule has 0 bridgehead atoms. The lowest BCUT2D eigenvalue weighted by molar-refractivity contribution is -0.133. The van der Waals surface area contributed by atoms with Crippen molar-refractivity contribution in [3.63, 3.8) is 0 Å². The largest absolute Gasteiger partial charge is 0.496 e. The molecule has 1 heterocycles. The molecule has 7 heteroatoms. The smallest absolute Gasteiger partial charge is 0.325 e. The molecule has 7 nitrogen and oxygen atoms in total. The van der Waals surface area contributed by atoms with E-state index in [4.69, 9.17) is 4.74 Å². The van der Waals surface area contributed by atoms with Crippen LogP contribution in [0.5, 0.6) is 5.75 Å². The van der Waals surface area contributed by atoms with Crippen LogP contribution in [0.25, 0.3) is 0 Å². The topological polar surface area (TPSA) is 87.7 Å². The van der Waals surface area contributed by atoms with Crippen LogP contribution in [0.3, 0.4) is 0 Å². The van der Waals surface area contributed by atoms with Crippen molar-refractivity contribution < 1.29 is 19.1 Å². The molecule has 2 aromatic carbocycles. The molecule has 0 spiro atoms. The summed E-state index contributed by atoms with van der Waals surface area (Å²) in [5, 5.41) is 5.48. The highest BCUT2D eigenvalue weighted by Crippen LogP contribution is 2.27. The lowest BCUT2D eigenvalue weighted by atomic mass is 9.92. The number of urea groups is 1. The number of methoxy groups -OCH3 is 1. The monoisotopic (exact) mass is 423 g/mol. The summed E-state index contributed by atoms with van der Waals surface area (Å²) in [6.07, 6.45) is 1.29. The Hall–Kier alpha value is -3.35. The van der Waals surface area contributed by atoms with Crippen LogP contribution in [0.4, 0.5) is 10.5 Å². The third-order valence-corrected chi connectivity index (χ3v) is 5.76. The molecule has 0 aromatic heterocycles. The highest BCUT2D eigenvalue weighted by atomic mass is 16.5. The van der Waals surface area contributed by atoms with E-state index in [9.17, 15) is 14.4 Å². The van der Waals surface area contributed by atoms with Crippen molar-refractivity contribution >= 4 is 23.5 Å². The predicted octanol–water partition coefficient (Wildman–Crippen LogP) is 3.70. The molecule has 2 atom stereocenters. The number of carbonyl (C=O) groups excluding carboxylic acids is 3. The highest BCUT2D eigenvalue weighted by Gasteiger charge is 2.48. The van der Waals surface area contributed by atoms with Crippen LogP contribution in [0.2, 0.25) is 0 Å². The van der Waals surface area contributed by atoms with E-state index in [-0.39, 0.29) is 13.0 Å². The van der Waals surface area contributed by atoms with Gasteiger partial charge in [-0.2, -0.15) is 0 Å². The Morgan fingerprint density at radius 3 is 2.48 bits per heavy atom. The molecule has 164 valence electrons. The minimum Gasteiger partial charge on any atom is -0.496 e. The fraction of sp³-hybridized carbons (Fsp3) is 0.375. The van der Waals surface area contributed by atoms with Gasteiger partial charge in [-0.3, -0.25) is 14.5 Å². The van der Waals surface area contributed by atoms with Crippen LogP contribution in [-0.2, 0) is 16.0 Å². The van der Waals surface area contributed by atoms with Gasteiger partial charge in [-0.15, -0.1) is 0 Å². The summed E-state index contributed by atoms with van der Waals surface area (Å²) >= 11 is 0. The van der Waals surface area contributed by atoms with Crippen molar-refractivity contribution in [2.45, 2.75) is 45.1 Å². The van der Waals surface area contributed by atoms with Crippen LogP contribution < -0.4 is 15.4 Å². The molecular weight excluding hydrogens is 394 g/mol. The maximum Gasteiger partial charge on any atom is 0.325 e. The molecule has 1 saturated heterocycles. The first-order chi connectivity index (χ1) is 14.8. The lowest BCUT2D eigenvalue weighted by Gasteiger charge is -2.22. The molecule has 1 aliphatic rings. The van der Waals surface area contributed by atoms with Crippen molar-refractivity contribution in [1.82, 2.24) is 10.2 Å². The van der Waals surface area contributed by atoms with Crippen molar-refractivity contribution in [1.29, 1.82) is 0 Å². The first-order valence-electron chi connectivity index (χ1n) is 10.4. The maximum atomic E-state index is 13.0. The standard InChI is InChI=1S/C24H29N3O4/c1-5-16(2)17-10-12-19(13-11-17)25-21(28)15-27-22(29)24(3,26-23(27)30)14-18-8-6-7-9-20(18)31-4/h6-13,16H,5,14-15H2,1-4H3,(H,25,28)(H,26,30)/t16-,24+/m0/s1. The SMILES string of the molecule is CC[C@H](C)c1ccc(NC(=O)CN2C(=O)N[C@](C)(Cc3ccccc3OC)C2=O)cc1. The Morgan fingerprint density at radius 2 is 1.84 bits per heavy atom. The highest BCUT2D eigenvalue weighted by molar-refractivity contribution is 6.10. The first kappa shape index (κ1) is 22.3. The van der Waals surface area contributed by atoms with Gasteiger partial charge in [0.15, 0.2) is 0 Å². The summed E-state index contributed by atoms with van der Waals surface area (Å²) in [7, 11) is 1.56. The number of nitrogens with one attached hydrogen (secondary N) is 2. The van der Waals surface area contributed by atoms with Gasteiger partial charge in [-0.05, 0) is 48.6 Å².